The second kappa shape index (κ2) is 6.92. The fourth-order valence-electron chi connectivity index (χ4n) is 1.98. The highest BCUT2D eigenvalue weighted by Crippen LogP contribution is 2.14. The van der Waals surface area contributed by atoms with E-state index in [9.17, 15) is 4.79 Å². The van der Waals surface area contributed by atoms with E-state index < -0.39 is 0 Å². The highest BCUT2D eigenvalue weighted by Gasteiger charge is 2.16. The number of halogens is 1. The zero-order chi connectivity index (χ0) is 14.4. The van der Waals surface area contributed by atoms with Gasteiger partial charge in [-0.05, 0) is 11.1 Å². The highest BCUT2D eigenvalue weighted by atomic mass is 35.5. The minimum atomic E-state index is -0.237. The zero-order valence-corrected chi connectivity index (χ0v) is 11.9. The standard InChI is InChI=1S/C17H16ClNO/c1-14(18)17(20)19(12-15-8-4-2-5-9-15)13-16-10-6-3-7-11-16/h2-11H,1,12-13H2. The molecule has 0 heterocycles. The van der Waals surface area contributed by atoms with Crippen molar-refractivity contribution in [2.24, 2.45) is 0 Å². The summed E-state index contributed by atoms with van der Waals surface area (Å²) in [5.41, 5.74) is 2.13. The van der Waals surface area contributed by atoms with Gasteiger partial charge in [-0.25, -0.2) is 0 Å². The Hall–Kier alpha value is -2.06. The van der Waals surface area contributed by atoms with Crippen LogP contribution in [0, 0.1) is 0 Å². The van der Waals surface area contributed by atoms with Gasteiger partial charge in [-0.1, -0.05) is 78.8 Å². The lowest BCUT2D eigenvalue weighted by atomic mass is 10.1. The largest absolute Gasteiger partial charge is 0.329 e. The summed E-state index contributed by atoms with van der Waals surface area (Å²) in [6.45, 7) is 4.56. The van der Waals surface area contributed by atoms with E-state index in [4.69, 9.17) is 11.6 Å². The molecule has 0 atom stereocenters. The number of hydrogen-bond donors (Lipinski definition) is 0. The molecule has 0 bridgehead atoms. The van der Waals surface area contributed by atoms with Crippen molar-refractivity contribution in [2.75, 3.05) is 0 Å². The van der Waals surface area contributed by atoms with E-state index in [0.29, 0.717) is 13.1 Å². The lowest BCUT2D eigenvalue weighted by Gasteiger charge is -2.22. The molecule has 0 N–H and O–H groups in total. The molecule has 2 aromatic rings. The van der Waals surface area contributed by atoms with E-state index in [1.807, 2.05) is 60.7 Å². The van der Waals surface area contributed by atoms with Gasteiger partial charge in [-0.15, -0.1) is 0 Å². The van der Waals surface area contributed by atoms with Gasteiger partial charge in [0, 0.05) is 13.1 Å². The summed E-state index contributed by atoms with van der Waals surface area (Å²) in [4.78, 5) is 13.8. The number of hydrogen-bond acceptors (Lipinski definition) is 1. The zero-order valence-electron chi connectivity index (χ0n) is 11.1. The fraction of sp³-hybridized carbons (Fsp3) is 0.118. The van der Waals surface area contributed by atoms with Crippen LogP contribution in [0.5, 0.6) is 0 Å². The summed E-state index contributed by atoms with van der Waals surface area (Å²) >= 11 is 5.77. The Morgan fingerprint density at radius 2 is 1.30 bits per heavy atom. The van der Waals surface area contributed by atoms with Gasteiger partial charge < -0.3 is 4.90 Å². The van der Waals surface area contributed by atoms with Gasteiger partial charge in [-0.3, -0.25) is 4.79 Å². The summed E-state index contributed by atoms with van der Waals surface area (Å²) in [7, 11) is 0. The maximum absolute atomic E-state index is 12.1. The van der Waals surface area contributed by atoms with E-state index >= 15 is 0 Å². The minimum absolute atomic E-state index is 0.0388. The van der Waals surface area contributed by atoms with Gasteiger partial charge in [0.2, 0.25) is 0 Å². The summed E-state index contributed by atoms with van der Waals surface area (Å²) in [6, 6.07) is 19.7. The van der Waals surface area contributed by atoms with E-state index in [2.05, 4.69) is 6.58 Å². The van der Waals surface area contributed by atoms with Crippen LogP contribution in [0.1, 0.15) is 11.1 Å². The molecule has 0 aliphatic heterocycles. The molecular weight excluding hydrogens is 270 g/mol. The van der Waals surface area contributed by atoms with Gasteiger partial charge in [0.15, 0.2) is 0 Å². The molecule has 2 aromatic carbocycles. The molecule has 20 heavy (non-hydrogen) atoms. The van der Waals surface area contributed by atoms with Gasteiger partial charge in [0.1, 0.15) is 0 Å². The third kappa shape index (κ3) is 3.97. The topological polar surface area (TPSA) is 20.3 Å². The summed E-state index contributed by atoms with van der Waals surface area (Å²) < 4.78 is 0. The van der Waals surface area contributed by atoms with Crippen LogP contribution in [0.25, 0.3) is 0 Å². The van der Waals surface area contributed by atoms with E-state index in [0.717, 1.165) is 11.1 Å². The number of carbonyl (C=O) groups excluding carboxylic acids is 1. The third-order valence-corrected chi connectivity index (χ3v) is 3.11. The minimum Gasteiger partial charge on any atom is -0.329 e. The third-order valence-electron chi connectivity index (χ3n) is 2.95. The van der Waals surface area contributed by atoms with Crippen molar-refractivity contribution in [3.05, 3.63) is 83.4 Å². The van der Waals surface area contributed by atoms with E-state index in [-0.39, 0.29) is 10.9 Å². The molecule has 102 valence electrons. The second-order valence-corrected chi connectivity index (χ2v) is 4.99. The van der Waals surface area contributed by atoms with Crippen LogP contribution >= 0.6 is 11.6 Å². The quantitative estimate of drug-likeness (QED) is 0.761. The van der Waals surface area contributed by atoms with Crippen molar-refractivity contribution >= 4 is 17.5 Å². The Bertz CT molecular complexity index is 539. The molecule has 0 spiro atoms. The van der Waals surface area contributed by atoms with E-state index in [1.54, 1.807) is 4.90 Å². The van der Waals surface area contributed by atoms with Crippen LogP contribution in [-0.2, 0) is 17.9 Å². The first-order chi connectivity index (χ1) is 9.66. The molecule has 0 unspecified atom stereocenters. The van der Waals surface area contributed by atoms with Crippen molar-refractivity contribution in [3.63, 3.8) is 0 Å². The predicted octanol–water partition coefficient (Wildman–Crippen LogP) is 3.97. The summed E-state index contributed by atoms with van der Waals surface area (Å²) in [5, 5.41) is 0.0388. The number of rotatable bonds is 5. The van der Waals surface area contributed by atoms with Gasteiger partial charge in [-0.2, -0.15) is 0 Å². The first-order valence-electron chi connectivity index (χ1n) is 6.38. The van der Waals surface area contributed by atoms with Crippen molar-refractivity contribution in [1.82, 2.24) is 4.90 Å². The number of nitrogens with zero attached hydrogens (tertiary/aromatic N) is 1. The van der Waals surface area contributed by atoms with E-state index in [1.165, 1.54) is 0 Å². The molecule has 0 fully saturated rings. The van der Waals surface area contributed by atoms with Crippen molar-refractivity contribution in [1.29, 1.82) is 0 Å². The van der Waals surface area contributed by atoms with Crippen LogP contribution in [-0.4, -0.2) is 10.8 Å². The average Bonchev–Trinajstić information content (AvgIpc) is 2.48. The molecule has 0 saturated carbocycles. The highest BCUT2D eigenvalue weighted by molar-refractivity contribution is 6.41. The molecule has 0 radical (unpaired) electrons. The van der Waals surface area contributed by atoms with Crippen LogP contribution in [0.2, 0.25) is 0 Å². The maximum Gasteiger partial charge on any atom is 0.265 e. The van der Waals surface area contributed by atoms with Crippen LogP contribution in [0.4, 0.5) is 0 Å². The molecule has 0 aromatic heterocycles. The normalized spacial score (nSPS) is 10.1. The van der Waals surface area contributed by atoms with Crippen molar-refractivity contribution in [2.45, 2.75) is 13.1 Å². The molecule has 2 nitrogen and oxygen atoms in total. The van der Waals surface area contributed by atoms with Crippen LogP contribution in [0.3, 0.4) is 0 Å². The Balaban J connectivity index is 2.17. The second-order valence-electron chi connectivity index (χ2n) is 4.54. The van der Waals surface area contributed by atoms with Gasteiger partial charge in [0.25, 0.3) is 5.91 Å². The maximum atomic E-state index is 12.1. The smallest absolute Gasteiger partial charge is 0.265 e. The summed E-state index contributed by atoms with van der Waals surface area (Å²) in [6.07, 6.45) is 0. The molecule has 0 aliphatic rings. The predicted molar refractivity (Wildman–Crippen MR) is 82.1 cm³/mol. The first-order valence-corrected chi connectivity index (χ1v) is 6.76. The SMILES string of the molecule is C=C(Cl)C(=O)N(Cc1ccccc1)Cc1ccccc1. The first kappa shape index (κ1) is 14.4. The Morgan fingerprint density at radius 1 is 0.900 bits per heavy atom. The number of carbonyl (C=O) groups is 1. The number of benzene rings is 2. The molecule has 0 aliphatic carbocycles. The number of amides is 1. The summed E-state index contributed by atoms with van der Waals surface area (Å²) in [5.74, 6) is -0.237. The Kier molecular flexibility index (Phi) is 4.97. The molecule has 0 saturated heterocycles. The molecule has 1 amide bonds. The Morgan fingerprint density at radius 3 is 1.65 bits per heavy atom. The molecule has 3 heteroatoms. The molecule has 2 rings (SSSR count). The van der Waals surface area contributed by atoms with Crippen LogP contribution < -0.4 is 0 Å². The van der Waals surface area contributed by atoms with Gasteiger partial charge in [0.05, 0.1) is 5.03 Å². The average molecular weight is 286 g/mol. The van der Waals surface area contributed by atoms with Crippen LogP contribution in [0.15, 0.2) is 72.3 Å². The Labute approximate surface area is 124 Å². The lowest BCUT2D eigenvalue weighted by molar-refractivity contribution is -0.127. The monoisotopic (exact) mass is 285 g/mol. The van der Waals surface area contributed by atoms with Crippen molar-refractivity contribution in [3.8, 4) is 0 Å². The lowest BCUT2D eigenvalue weighted by Crippen LogP contribution is -2.29. The van der Waals surface area contributed by atoms with Crippen molar-refractivity contribution < 1.29 is 4.79 Å². The molecular formula is C17H16ClNO. The fourth-order valence-corrected chi connectivity index (χ4v) is 2.10. The van der Waals surface area contributed by atoms with Gasteiger partial charge >= 0.3 is 0 Å².